The van der Waals surface area contributed by atoms with E-state index in [4.69, 9.17) is 9.88 Å². The van der Waals surface area contributed by atoms with Crippen LogP contribution in [0.2, 0.25) is 0 Å². The lowest BCUT2D eigenvalue weighted by atomic mass is 10.1. The Hall–Kier alpha value is -1.44. The number of ether oxygens (including phenoxy) is 1. The number of carbonyl (C=O) groups excluding carboxylic acids is 1. The van der Waals surface area contributed by atoms with E-state index in [1.165, 1.54) is 12.1 Å². The van der Waals surface area contributed by atoms with Crippen molar-refractivity contribution >= 4 is 15.9 Å². The van der Waals surface area contributed by atoms with Gasteiger partial charge in [-0.05, 0) is 43.5 Å². The van der Waals surface area contributed by atoms with Crippen LogP contribution in [0.3, 0.4) is 0 Å². The van der Waals surface area contributed by atoms with E-state index in [9.17, 15) is 13.2 Å². The smallest absolute Gasteiger partial charge is 0.251 e. The number of sulfonamides is 1. The van der Waals surface area contributed by atoms with Crippen LogP contribution in [0.1, 0.15) is 28.8 Å². The van der Waals surface area contributed by atoms with Gasteiger partial charge in [-0.25, -0.2) is 13.6 Å². The number of amides is 1. The van der Waals surface area contributed by atoms with Gasteiger partial charge in [0.2, 0.25) is 10.0 Å². The quantitative estimate of drug-likeness (QED) is 0.851. The second-order valence-corrected chi connectivity index (χ2v) is 6.53. The van der Waals surface area contributed by atoms with Crippen LogP contribution in [0.5, 0.6) is 0 Å². The highest BCUT2D eigenvalue weighted by Crippen LogP contribution is 2.14. The molecule has 7 heteroatoms. The fourth-order valence-corrected chi connectivity index (χ4v) is 2.81. The molecular formula is C13H18N2O4S. The van der Waals surface area contributed by atoms with Crippen molar-refractivity contribution in [3.05, 3.63) is 29.3 Å². The molecule has 20 heavy (non-hydrogen) atoms. The first-order chi connectivity index (χ1) is 9.36. The molecule has 1 fully saturated rings. The van der Waals surface area contributed by atoms with Gasteiger partial charge in [-0.3, -0.25) is 4.79 Å². The largest absolute Gasteiger partial charge is 0.379 e. The first kappa shape index (κ1) is 15.0. The lowest BCUT2D eigenvalue weighted by molar-refractivity contribution is 0.0624. The molecule has 6 nitrogen and oxygen atoms in total. The molecule has 0 aliphatic carbocycles. The van der Waals surface area contributed by atoms with Gasteiger partial charge >= 0.3 is 0 Å². The predicted molar refractivity (Wildman–Crippen MR) is 73.9 cm³/mol. The zero-order chi connectivity index (χ0) is 14.8. The molecular weight excluding hydrogens is 280 g/mol. The van der Waals surface area contributed by atoms with Crippen molar-refractivity contribution in [2.75, 3.05) is 13.2 Å². The number of hydrogen-bond acceptors (Lipinski definition) is 4. The highest BCUT2D eigenvalue weighted by Gasteiger charge is 2.19. The van der Waals surface area contributed by atoms with Gasteiger partial charge in [-0.15, -0.1) is 0 Å². The number of rotatable bonds is 3. The fraction of sp³-hybridized carbons (Fsp3) is 0.462. The van der Waals surface area contributed by atoms with Crippen LogP contribution >= 0.6 is 0 Å². The minimum atomic E-state index is -3.82. The molecule has 1 aliphatic heterocycles. The average molecular weight is 298 g/mol. The molecule has 110 valence electrons. The second kappa shape index (κ2) is 5.90. The Morgan fingerprint density at radius 2 is 2.15 bits per heavy atom. The van der Waals surface area contributed by atoms with Gasteiger partial charge in [-0.1, -0.05) is 0 Å². The van der Waals surface area contributed by atoms with Gasteiger partial charge in [0.15, 0.2) is 0 Å². The first-order valence-corrected chi connectivity index (χ1v) is 7.94. The standard InChI is InChI=1S/C13H18N2O4S/c1-9-5-10(7-12(6-9)20(14,17)18)13(16)15-11-3-2-4-19-8-11/h5-7,11H,2-4,8H2,1H3,(H,15,16)(H2,14,17,18). The molecule has 1 aromatic carbocycles. The summed E-state index contributed by atoms with van der Waals surface area (Å²) in [6, 6.07) is 4.33. The van der Waals surface area contributed by atoms with Crippen molar-refractivity contribution in [3.8, 4) is 0 Å². The van der Waals surface area contributed by atoms with E-state index in [-0.39, 0.29) is 16.8 Å². The Balaban J connectivity index is 2.19. The van der Waals surface area contributed by atoms with E-state index < -0.39 is 10.0 Å². The number of primary sulfonamides is 1. The lowest BCUT2D eigenvalue weighted by Gasteiger charge is -2.23. The number of benzene rings is 1. The molecule has 1 atom stereocenters. The molecule has 3 N–H and O–H groups in total. The highest BCUT2D eigenvalue weighted by atomic mass is 32.2. The van der Waals surface area contributed by atoms with Crippen LogP contribution in [0.15, 0.2) is 23.1 Å². The maximum absolute atomic E-state index is 12.1. The van der Waals surface area contributed by atoms with Crippen molar-refractivity contribution in [1.29, 1.82) is 0 Å². The van der Waals surface area contributed by atoms with Gasteiger partial charge in [-0.2, -0.15) is 0 Å². The molecule has 1 heterocycles. The molecule has 1 aromatic rings. The maximum Gasteiger partial charge on any atom is 0.251 e. The van der Waals surface area contributed by atoms with E-state index in [2.05, 4.69) is 5.32 Å². The summed E-state index contributed by atoms with van der Waals surface area (Å²) in [5, 5.41) is 7.94. The third kappa shape index (κ3) is 3.78. The summed E-state index contributed by atoms with van der Waals surface area (Å²) < 4.78 is 28.0. The fourth-order valence-electron chi connectivity index (χ4n) is 2.17. The minimum absolute atomic E-state index is 0.0327. The highest BCUT2D eigenvalue weighted by molar-refractivity contribution is 7.89. The summed E-state index contributed by atoms with van der Waals surface area (Å²) in [4.78, 5) is 12.1. The zero-order valence-corrected chi connectivity index (χ0v) is 12.1. The van der Waals surface area contributed by atoms with Crippen molar-refractivity contribution in [2.24, 2.45) is 5.14 Å². The summed E-state index contributed by atoms with van der Waals surface area (Å²) >= 11 is 0. The molecule has 0 bridgehead atoms. The number of hydrogen-bond donors (Lipinski definition) is 2. The van der Waals surface area contributed by atoms with Crippen molar-refractivity contribution in [3.63, 3.8) is 0 Å². The van der Waals surface area contributed by atoms with E-state index in [1.807, 2.05) is 0 Å². The number of nitrogens with two attached hydrogens (primary N) is 1. The normalized spacial score (nSPS) is 19.6. The Labute approximate surface area is 118 Å². The molecule has 0 aromatic heterocycles. The van der Waals surface area contributed by atoms with E-state index in [0.29, 0.717) is 24.3 Å². The van der Waals surface area contributed by atoms with Gasteiger partial charge in [0.25, 0.3) is 5.91 Å². The van der Waals surface area contributed by atoms with E-state index in [0.717, 1.165) is 12.8 Å². The molecule has 1 saturated heterocycles. The van der Waals surface area contributed by atoms with Crippen LogP contribution < -0.4 is 10.5 Å². The van der Waals surface area contributed by atoms with Crippen LogP contribution in [-0.4, -0.2) is 33.6 Å². The molecule has 0 spiro atoms. The maximum atomic E-state index is 12.1. The third-order valence-electron chi connectivity index (χ3n) is 3.14. The molecule has 1 unspecified atom stereocenters. The van der Waals surface area contributed by atoms with Gasteiger partial charge in [0.1, 0.15) is 0 Å². The summed E-state index contributed by atoms with van der Waals surface area (Å²) in [6.45, 7) is 2.92. The van der Waals surface area contributed by atoms with E-state index in [1.54, 1.807) is 13.0 Å². The molecule has 2 rings (SSSR count). The first-order valence-electron chi connectivity index (χ1n) is 6.39. The molecule has 1 amide bonds. The van der Waals surface area contributed by atoms with Crippen molar-refractivity contribution < 1.29 is 17.9 Å². The average Bonchev–Trinajstić information content (AvgIpc) is 2.38. The summed E-state index contributed by atoms with van der Waals surface area (Å²) in [7, 11) is -3.82. The Bertz CT molecular complexity index is 607. The number of nitrogens with one attached hydrogen (secondary N) is 1. The van der Waals surface area contributed by atoms with Crippen LogP contribution in [0, 0.1) is 6.92 Å². The lowest BCUT2D eigenvalue weighted by Crippen LogP contribution is -2.40. The summed E-state index contributed by atoms with van der Waals surface area (Å²) in [5.74, 6) is -0.311. The Morgan fingerprint density at radius 1 is 1.40 bits per heavy atom. The second-order valence-electron chi connectivity index (χ2n) is 4.97. The number of aryl methyl sites for hydroxylation is 1. The van der Waals surface area contributed by atoms with Gasteiger partial charge < -0.3 is 10.1 Å². The molecule has 1 aliphatic rings. The predicted octanol–water partition coefficient (Wildman–Crippen LogP) is 0.551. The topological polar surface area (TPSA) is 98.5 Å². The van der Waals surface area contributed by atoms with Crippen molar-refractivity contribution in [1.82, 2.24) is 5.32 Å². The monoisotopic (exact) mass is 298 g/mol. The van der Waals surface area contributed by atoms with Crippen LogP contribution in [0.25, 0.3) is 0 Å². The van der Waals surface area contributed by atoms with E-state index >= 15 is 0 Å². The zero-order valence-electron chi connectivity index (χ0n) is 11.3. The minimum Gasteiger partial charge on any atom is -0.379 e. The third-order valence-corrected chi connectivity index (χ3v) is 4.03. The Kier molecular flexibility index (Phi) is 4.42. The van der Waals surface area contributed by atoms with Crippen LogP contribution in [0.4, 0.5) is 0 Å². The summed E-state index contributed by atoms with van der Waals surface area (Å²) in [5.41, 5.74) is 0.959. The Morgan fingerprint density at radius 3 is 2.75 bits per heavy atom. The SMILES string of the molecule is Cc1cc(C(=O)NC2CCCOC2)cc(S(N)(=O)=O)c1. The van der Waals surface area contributed by atoms with Crippen LogP contribution in [-0.2, 0) is 14.8 Å². The number of carbonyl (C=O) groups is 1. The molecule has 0 radical (unpaired) electrons. The molecule has 0 saturated carbocycles. The van der Waals surface area contributed by atoms with Gasteiger partial charge in [0, 0.05) is 12.2 Å². The van der Waals surface area contributed by atoms with Gasteiger partial charge in [0.05, 0.1) is 17.5 Å². The summed E-state index contributed by atoms with van der Waals surface area (Å²) in [6.07, 6.45) is 1.76. The van der Waals surface area contributed by atoms with Crippen molar-refractivity contribution in [2.45, 2.75) is 30.7 Å².